The minimum absolute atomic E-state index is 0.0586. The zero-order valence-corrected chi connectivity index (χ0v) is 19.7. The highest BCUT2D eigenvalue weighted by Gasteiger charge is 2.34. The Labute approximate surface area is 208 Å². The first-order valence-electron chi connectivity index (χ1n) is 11.3. The lowest BCUT2D eigenvalue weighted by molar-refractivity contribution is -0.0220. The number of benzene rings is 3. The average molecular weight is 516 g/mol. The van der Waals surface area contributed by atoms with Crippen molar-refractivity contribution in [3.63, 3.8) is 0 Å². The second-order valence-corrected chi connectivity index (χ2v) is 9.22. The van der Waals surface area contributed by atoms with E-state index >= 15 is 0 Å². The van der Waals surface area contributed by atoms with E-state index in [0.717, 1.165) is 11.8 Å². The van der Waals surface area contributed by atoms with E-state index in [1.807, 2.05) is 4.90 Å². The third-order valence-electron chi connectivity index (χ3n) is 6.50. The molecule has 4 aromatic rings. The van der Waals surface area contributed by atoms with Gasteiger partial charge in [-0.15, -0.1) is 0 Å². The Morgan fingerprint density at radius 3 is 2.31 bits per heavy atom. The topological polar surface area (TPSA) is 67.5 Å². The molecule has 1 N–H and O–H groups in total. The molecule has 0 radical (unpaired) electrons. The second kappa shape index (κ2) is 9.05. The van der Waals surface area contributed by atoms with Crippen LogP contribution in [-0.2, 0) is 6.54 Å². The normalized spacial score (nSPS) is 15.4. The molecule has 0 saturated carbocycles. The van der Waals surface area contributed by atoms with Gasteiger partial charge in [0.25, 0.3) is 5.92 Å². The monoisotopic (exact) mass is 515 g/mol. The number of piperidine rings is 1. The summed E-state index contributed by atoms with van der Waals surface area (Å²) in [6, 6.07) is 15.9. The van der Waals surface area contributed by atoms with Crippen LogP contribution in [0.4, 0.5) is 18.9 Å². The molecule has 1 saturated heterocycles. The lowest BCUT2D eigenvalue weighted by Crippen LogP contribution is -2.39. The third-order valence-corrected chi connectivity index (χ3v) is 6.73. The van der Waals surface area contributed by atoms with Crippen LogP contribution in [0.25, 0.3) is 16.7 Å². The van der Waals surface area contributed by atoms with Gasteiger partial charge in [-0.05, 0) is 48.5 Å². The first-order valence-corrected chi connectivity index (χ1v) is 11.7. The lowest BCUT2D eigenvalue weighted by atomic mass is 10.1. The maximum Gasteiger partial charge on any atom is 0.338 e. The summed E-state index contributed by atoms with van der Waals surface area (Å²) >= 11 is 6.21. The fourth-order valence-corrected chi connectivity index (χ4v) is 4.74. The predicted molar refractivity (Wildman–Crippen MR) is 131 cm³/mol. The molecule has 36 heavy (non-hydrogen) atoms. The molecule has 0 atom stereocenters. The van der Waals surface area contributed by atoms with Crippen molar-refractivity contribution in [2.75, 3.05) is 18.0 Å². The van der Waals surface area contributed by atoms with Crippen LogP contribution in [0, 0.1) is 5.82 Å². The molecule has 10 heteroatoms. The summed E-state index contributed by atoms with van der Waals surface area (Å²) in [5.41, 5.74) is 1.41. The molecule has 3 aromatic carbocycles. The van der Waals surface area contributed by atoms with Crippen LogP contribution >= 0.6 is 11.6 Å². The van der Waals surface area contributed by atoms with E-state index in [1.165, 1.54) is 21.3 Å². The number of halogens is 4. The van der Waals surface area contributed by atoms with E-state index in [2.05, 4.69) is 0 Å². The Morgan fingerprint density at radius 1 is 0.972 bits per heavy atom. The molecule has 0 spiro atoms. The molecular weight excluding hydrogens is 495 g/mol. The number of hydrogen-bond acceptors (Lipinski definition) is 3. The molecule has 1 aliphatic rings. The summed E-state index contributed by atoms with van der Waals surface area (Å²) in [6.45, 7) is 0.293. The van der Waals surface area contributed by atoms with Crippen molar-refractivity contribution in [1.82, 2.24) is 9.13 Å². The molecule has 5 rings (SSSR count). The van der Waals surface area contributed by atoms with Crippen LogP contribution in [0.5, 0.6) is 0 Å². The van der Waals surface area contributed by atoms with E-state index in [0.29, 0.717) is 21.7 Å². The molecule has 6 nitrogen and oxygen atoms in total. The third kappa shape index (κ3) is 4.35. The van der Waals surface area contributed by atoms with E-state index in [1.54, 1.807) is 42.5 Å². The van der Waals surface area contributed by atoms with Crippen molar-refractivity contribution in [3.8, 4) is 5.69 Å². The van der Waals surface area contributed by atoms with Gasteiger partial charge in [-0.25, -0.2) is 22.8 Å². The number of fused-ring (bicyclic) bond motifs is 1. The highest BCUT2D eigenvalue weighted by Crippen LogP contribution is 2.31. The average Bonchev–Trinajstić information content (AvgIpc) is 3.10. The predicted octanol–water partition coefficient (Wildman–Crippen LogP) is 5.57. The van der Waals surface area contributed by atoms with E-state index < -0.39 is 29.0 Å². The highest BCUT2D eigenvalue weighted by atomic mass is 35.5. The number of carboxylic acid groups (broad SMARTS) is 1. The van der Waals surface area contributed by atoms with Crippen molar-refractivity contribution in [3.05, 3.63) is 93.1 Å². The Hall–Kier alpha value is -3.72. The van der Waals surface area contributed by atoms with Crippen LogP contribution in [0.2, 0.25) is 5.02 Å². The summed E-state index contributed by atoms with van der Waals surface area (Å²) in [5.74, 6) is -4.94. The zero-order valence-electron chi connectivity index (χ0n) is 18.9. The number of hydrogen-bond donors (Lipinski definition) is 1. The molecular formula is C26H21ClF3N3O3. The van der Waals surface area contributed by atoms with Crippen LogP contribution in [0.1, 0.15) is 28.8 Å². The lowest BCUT2D eigenvalue weighted by Gasteiger charge is -2.33. The molecule has 0 unspecified atom stereocenters. The molecule has 1 aromatic heterocycles. The molecule has 0 bridgehead atoms. The number of carboxylic acids is 1. The minimum Gasteiger partial charge on any atom is -0.478 e. The number of anilines is 1. The van der Waals surface area contributed by atoms with Crippen molar-refractivity contribution in [2.24, 2.45) is 0 Å². The van der Waals surface area contributed by atoms with Crippen LogP contribution in [-0.4, -0.2) is 39.2 Å². The van der Waals surface area contributed by atoms with Gasteiger partial charge < -0.3 is 10.0 Å². The van der Waals surface area contributed by atoms with Gasteiger partial charge in [-0.2, -0.15) is 0 Å². The van der Waals surface area contributed by atoms with E-state index in [-0.39, 0.29) is 38.0 Å². The van der Waals surface area contributed by atoms with Crippen molar-refractivity contribution >= 4 is 34.3 Å². The van der Waals surface area contributed by atoms with Gasteiger partial charge in [0.15, 0.2) is 0 Å². The van der Waals surface area contributed by atoms with Crippen molar-refractivity contribution < 1.29 is 23.1 Å². The number of carbonyl (C=O) groups is 1. The molecule has 1 aliphatic heterocycles. The summed E-state index contributed by atoms with van der Waals surface area (Å²) in [6.07, 6.45) is -0.417. The SMILES string of the molecule is O=C(O)c1cccc(Cn2c(=O)n(-c3ccc(N4CCC(F)(F)CC4)cc3)c3cc(Cl)ccc32)c1F. The fraction of sp³-hybridized carbons (Fsp3) is 0.231. The standard InChI is InChI=1S/C26H21ClF3N3O3/c27-17-4-9-21-22(14-17)33(19-7-5-18(6-8-19)31-12-10-26(29,30)11-13-31)25(36)32(21)15-16-2-1-3-20(23(16)28)24(34)35/h1-9,14H,10-13,15H2,(H,34,35). The first kappa shape index (κ1) is 24.0. The van der Waals surface area contributed by atoms with Crippen LogP contribution in [0.3, 0.4) is 0 Å². The van der Waals surface area contributed by atoms with E-state index in [4.69, 9.17) is 11.6 Å². The molecule has 186 valence electrons. The van der Waals surface area contributed by atoms with Crippen molar-refractivity contribution in [1.29, 1.82) is 0 Å². The number of aromatic nitrogens is 2. The molecule has 0 aliphatic carbocycles. The van der Waals surface area contributed by atoms with Crippen LogP contribution < -0.4 is 10.6 Å². The second-order valence-electron chi connectivity index (χ2n) is 8.78. The van der Waals surface area contributed by atoms with Gasteiger partial charge >= 0.3 is 11.7 Å². The smallest absolute Gasteiger partial charge is 0.338 e. The zero-order chi connectivity index (χ0) is 25.6. The van der Waals surface area contributed by atoms with Crippen LogP contribution in [0.15, 0.2) is 65.5 Å². The molecule has 2 heterocycles. The van der Waals surface area contributed by atoms with E-state index in [9.17, 15) is 27.9 Å². The fourth-order valence-electron chi connectivity index (χ4n) is 4.58. The highest BCUT2D eigenvalue weighted by molar-refractivity contribution is 6.31. The van der Waals surface area contributed by atoms with Gasteiger partial charge in [-0.1, -0.05) is 23.7 Å². The number of imidazole rings is 1. The number of rotatable bonds is 5. The Bertz CT molecular complexity index is 1520. The quantitative estimate of drug-likeness (QED) is 0.377. The summed E-state index contributed by atoms with van der Waals surface area (Å²) in [5, 5.41) is 9.64. The van der Waals surface area contributed by atoms with Gasteiger partial charge in [0, 0.05) is 42.2 Å². The number of nitrogens with zero attached hydrogens (tertiary/aromatic N) is 3. The maximum absolute atomic E-state index is 14.8. The largest absolute Gasteiger partial charge is 0.478 e. The van der Waals surface area contributed by atoms with Gasteiger partial charge in [-0.3, -0.25) is 9.13 Å². The Morgan fingerprint density at radius 2 is 1.64 bits per heavy atom. The van der Waals surface area contributed by atoms with Gasteiger partial charge in [0.1, 0.15) is 5.82 Å². The van der Waals surface area contributed by atoms with Gasteiger partial charge in [0.05, 0.1) is 28.8 Å². The number of aromatic carboxylic acids is 1. The molecule has 0 amide bonds. The number of alkyl halides is 2. The van der Waals surface area contributed by atoms with Crippen molar-refractivity contribution in [2.45, 2.75) is 25.3 Å². The molecule has 1 fully saturated rings. The Kier molecular flexibility index (Phi) is 6.04. The Balaban J connectivity index is 1.55. The minimum atomic E-state index is -2.64. The summed E-state index contributed by atoms with van der Waals surface area (Å²) in [4.78, 5) is 26.8. The maximum atomic E-state index is 14.8. The van der Waals surface area contributed by atoms with Gasteiger partial charge in [0.2, 0.25) is 0 Å². The summed E-state index contributed by atoms with van der Waals surface area (Å²) < 4.78 is 44.7. The summed E-state index contributed by atoms with van der Waals surface area (Å²) in [7, 11) is 0. The first-order chi connectivity index (χ1) is 17.1.